The van der Waals surface area contributed by atoms with Gasteiger partial charge in [0.15, 0.2) is 5.69 Å². The molecule has 1 aromatic heterocycles. The van der Waals surface area contributed by atoms with Crippen LogP contribution in [0.25, 0.3) is 5.69 Å². The Labute approximate surface area is 124 Å². The van der Waals surface area contributed by atoms with Crippen LogP contribution in [0.15, 0.2) is 28.7 Å². The van der Waals surface area contributed by atoms with E-state index in [-0.39, 0.29) is 17.4 Å². The zero-order chi connectivity index (χ0) is 14.9. The van der Waals surface area contributed by atoms with E-state index in [9.17, 15) is 9.18 Å². The Hall–Kier alpha value is -1.69. The first kappa shape index (κ1) is 14.7. The van der Waals surface area contributed by atoms with Crippen LogP contribution in [-0.2, 0) is 4.74 Å². The molecule has 0 saturated carbocycles. The number of benzene rings is 1. The molecule has 6 heteroatoms. The molecule has 1 heterocycles. The van der Waals surface area contributed by atoms with Crippen molar-refractivity contribution in [3.8, 4) is 5.69 Å². The van der Waals surface area contributed by atoms with E-state index < -0.39 is 5.97 Å². The van der Waals surface area contributed by atoms with E-state index in [1.807, 2.05) is 13.8 Å². The lowest BCUT2D eigenvalue weighted by Gasteiger charge is -2.10. The Balaban J connectivity index is 2.66. The van der Waals surface area contributed by atoms with Gasteiger partial charge in [-0.25, -0.2) is 13.9 Å². The number of aromatic nitrogens is 2. The first-order chi connectivity index (χ1) is 9.45. The van der Waals surface area contributed by atoms with Crippen molar-refractivity contribution < 1.29 is 13.9 Å². The molecule has 0 fully saturated rings. The van der Waals surface area contributed by atoms with Crippen LogP contribution < -0.4 is 0 Å². The van der Waals surface area contributed by atoms with E-state index in [4.69, 9.17) is 4.74 Å². The molecular formula is C14H14BrFN2O2. The number of rotatable bonds is 3. The molecule has 0 aliphatic rings. The summed E-state index contributed by atoms with van der Waals surface area (Å²) >= 11 is 3.38. The van der Waals surface area contributed by atoms with Crippen molar-refractivity contribution in [3.05, 3.63) is 45.9 Å². The first-order valence-corrected chi connectivity index (χ1v) is 6.87. The Morgan fingerprint density at radius 3 is 2.70 bits per heavy atom. The number of nitrogens with zero attached hydrogens (tertiary/aromatic N) is 2. The van der Waals surface area contributed by atoms with Gasteiger partial charge in [0.2, 0.25) is 0 Å². The van der Waals surface area contributed by atoms with Gasteiger partial charge < -0.3 is 4.74 Å². The fourth-order valence-electron chi connectivity index (χ4n) is 1.94. The largest absolute Gasteiger partial charge is 0.464 e. The van der Waals surface area contributed by atoms with E-state index >= 15 is 0 Å². The van der Waals surface area contributed by atoms with Gasteiger partial charge in [0.25, 0.3) is 0 Å². The minimum absolute atomic E-state index is 0.0959. The number of carbonyl (C=O) groups excluding carboxylic acids is 1. The number of halogens is 2. The van der Waals surface area contributed by atoms with Crippen LogP contribution in [0, 0.1) is 5.82 Å². The van der Waals surface area contributed by atoms with E-state index in [2.05, 4.69) is 21.0 Å². The normalized spacial score (nSPS) is 10.9. The number of esters is 1. The Morgan fingerprint density at radius 1 is 1.45 bits per heavy atom. The summed E-state index contributed by atoms with van der Waals surface area (Å²) in [4.78, 5) is 11.7. The summed E-state index contributed by atoms with van der Waals surface area (Å²) in [5.41, 5.74) is 1.53. The molecule has 0 N–H and O–H groups in total. The summed E-state index contributed by atoms with van der Waals surface area (Å²) < 4.78 is 20.2. The predicted octanol–water partition coefficient (Wildman–Crippen LogP) is 3.68. The second kappa shape index (κ2) is 5.75. The molecule has 2 rings (SSSR count). The first-order valence-electron chi connectivity index (χ1n) is 6.08. The summed E-state index contributed by atoms with van der Waals surface area (Å²) in [5, 5.41) is 4.24. The molecule has 2 aromatic rings. The molecule has 0 unspecified atom stereocenters. The minimum Gasteiger partial charge on any atom is -0.464 e. The quantitative estimate of drug-likeness (QED) is 0.800. The maximum Gasteiger partial charge on any atom is 0.359 e. The van der Waals surface area contributed by atoms with Gasteiger partial charge in [-0.05, 0) is 40.0 Å². The van der Waals surface area contributed by atoms with Crippen LogP contribution in [0.5, 0.6) is 0 Å². The summed E-state index contributed by atoms with van der Waals surface area (Å²) in [6, 6.07) is 6.06. The van der Waals surface area contributed by atoms with Crippen LogP contribution in [0.4, 0.5) is 4.39 Å². The van der Waals surface area contributed by atoms with Crippen molar-refractivity contribution >= 4 is 21.9 Å². The van der Waals surface area contributed by atoms with Crippen molar-refractivity contribution in [2.24, 2.45) is 0 Å². The predicted molar refractivity (Wildman–Crippen MR) is 76.7 cm³/mol. The molecular weight excluding hydrogens is 327 g/mol. The highest BCUT2D eigenvalue weighted by molar-refractivity contribution is 9.10. The van der Waals surface area contributed by atoms with Crippen LogP contribution >= 0.6 is 15.9 Å². The van der Waals surface area contributed by atoms with Crippen molar-refractivity contribution in [2.75, 3.05) is 7.11 Å². The number of ether oxygens (including phenoxy) is 1. The summed E-state index contributed by atoms with van der Waals surface area (Å²) in [7, 11) is 1.30. The Bertz CT molecular complexity index is 653. The molecule has 0 radical (unpaired) electrons. The number of hydrogen-bond donors (Lipinski definition) is 0. The molecule has 0 bridgehead atoms. The van der Waals surface area contributed by atoms with Crippen molar-refractivity contribution in [2.45, 2.75) is 19.8 Å². The van der Waals surface area contributed by atoms with E-state index in [1.165, 1.54) is 19.2 Å². The van der Waals surface area contributed by atoms with Crippen molar-refractivity contribution in [3.63, 3.8) is 0 Å². The van der Waals surface area contributed by atoms with Gasteiger partial charge >= 0.3 is 5.97 Å². The van der Waals surface area contributed by atoms with E-state index in [1.54, 1.807) is 16.8 Å². The summed E-state index contributed by atoms with van der Waals surface area (Å²) in [6.45, 7) is 3.94. The fourth-order valence-corrected chi connectivity index (χ4v) is 2.81. The zero-order valence-electron chi connectivity index (χ0n) is 11.4. The third-order valence-electron chi connectivity index (χ3n) is 2.84. The van der Waals surface area contributed by atoms with Crippen molar-refractivity contribution in [1.29, 1.82) is 0 Å². The van der Waals surface area contributed by atoms with Gasteiger partial charge in [-0.15, -0.1) is 0 Å². The molecule has 1 aromatic carbocycles. The van der Waals surface area contributed by atoms with Gasteiger partial charge in [0.1, 0.15) is 5.82 Å². The molecule has 0 saturated heterocycles. The molecule has 0 aliphatic carbocycles. The van der Waals surface area contributed by atoms with Gasteiger partial charge in [0, 0.05) is 0 Å². The number of carbonyl (C=O) groups is 1. The van der Waals surface area contributed by atoms with Crippen molar-refractivity contribution in [1.82, 2.24) is 9.78 Å². The van der Waals surface area contributed by atoms with E-state index in [0.717, 1.165) is 5.69 Å². The maximum atomic E-state index is 13.4. The Morgan fingerprint density at radius 2 is 2.15 bits per heavy atom. The highest BCUT2D eigenvalue weighted by atomic mass is 79.9. The average molecular weight is 341 g/mol. The second-order valence-electron chi connectivity index (χ2n) is 4.59. The van der Waals surface area contributed by atoms with Gasteiger partial charge in [-0.2, -0.15) is 5.10 Å². The second-order valence-corrected chi connectivity index (χ2v) is 5.38. The molecule has 4 nitrogen and oxygen atoms in total. The van der Waals surface area contributed by atoms with Gasteiger partial charge in [-0.1, -0.05) is 19.9 Å². The third-order valence-corrected chi connectivity index (χ3v) is 3.62. The van der Waals surface area contributed by atoms with Crippen LogP contribution in [0.2, 0.25) is 0 Å². The average Bonchev–Trinajstić information content (AvgIpc) is 2.75. The Kier molecular flexibility index (Phi) is 4.23. The van der Waals surface area contributed by atoms with Gasteiger partial charge in [0.05, 0.1) is 23.0 Å². The lowest BCUT2D eigenvalue weighted by molar-refractivity contribution is 0.0592. The van der Waals surface area contributed by atoms with Crippen LogP contribution in [-0.4, -0.2) is 22.9 Å². The maximum absolute atomic E-state index is 13.4. The molecule has 106 valence electrons. The molecule has 0 atom stereocenters. The standard InChI is InChI=1S/C14H14BrFN2O2/c1-8(2)13-11(15)12(14(19)20-3)17-18(13)10-6-4-5-9(16)7-10/h4-8H,1-3H3. The van der Waals surface area contributed by atoms with Gasteiger partial charge in [-0.3, -0.25) is 0 Å². The lowest BCUT2D eigenvalue weighted by atomic mass is 10.1. The van der Waals surface area contributed by atoms with Crippen LogP contribution in [0.3, 0.4) is 0 Å². The number of hydrogen-bond acceptors (Lipinski definition) is 3. The fraction of sp³-hybridized carbons (Fsp3) is 0.286. The summed E-state index contributed by atoms with van der Waals surface area (Å²) in [6.07, 6.45) is 0. The highest BCUT2D eigenvalue weighted by Gasteiger charge is 2.24. The molecule has 0 spiro atoms. The molecule has 0 amide bonds. The smallest absolute Gasteiger partial charge is 0.359 e. The third kappa shape index (κ3) is 2.60. The minimum atomic E-state index is -0.533. The molecule has 20 heavy (non-hydrogen) atoms. The van der Waals surface area contributed by atoms with E-state index in [0.29, 0.717) is 10.2 Å². The number of methoxy groups -OCH3 is 1. The topological polar surface area (TPSA) is 44.1 Å². The lowest BCUT2D eigenvalue weighted by Crippen LogP contribution is -2.06. The monoisotopic (exact) mass is 340 g/mol. The van der Waals surface area contributed by atoms with Crippen LogP contribution in [0.1, 0.15) is 35.9 Å². The zero-order valence-corrected chi connectivity index (χ0v) is 12.9. The highest BCUT2D eigenvalue weighted by Crippen LogP contribution is 2.30. The molecule has 0 aliphatic heterocycles. The summed E-state index contributed by atoms with van der Waals surface area (Å²) in [5.74, 6) is -0.795. The SMILES string of the molecule is COC(=O)c1nn(-c2cccc(F)c2)c(C(C)C)c1Br.